The third-order valence-corrected chi connectivity index (χ3v) is 4.07. The topological polar surface area (TPSA) is 3.24 Å². The Balaban J connectivity index is 1.90. The Labute approximate surface area is 88.2 Å². The molecule has 1 heteroatoms. The fourth-order valence-corrected chi connectivity index (χ4v) is 2.73. The molecule has 0 aromatic carbocycles. The molecule has 0 saturated heterocycles. The molecule has 3 atom stereocenters. The molecule has 80 valence electrons. The predicted octanol–water partition coefficient (Wildman–Crippen LogP) is 2.93. The van der Waals surface area contributed by atoms with Gasteiger partial charge in [0.15, 0.2) is 0 Å². The van der Waals surface area contributed by atoms with Gasteiger partial charge in [0.1, 0.15) is 0 Å². The summed E-state index contributed by atoms with van der Waals surface area (Å²) in [6.45, 7) is 8.18. The molecule has 14 heavy (non-hydrogen) atoms. The monoisotopic (exact) mass is 193 g/mol. The normalized spacial score (nSPS) is 35.9. The minimum Gasteiger partial charge on any atom is -0.301 e. The maximum atomic E-state index is 2.51. The third kappa shape index (κ3) is 1.88. The van der Waals surface area contributed by atoms with Gasteiger partial charge in [0, 0.05) is 12.1 Å². The smallest absolute Gasteiger partial charge is 0.0122 e. The van der Waals surface area contributed by atoms with Crippen molar-refractivity contribution in [2.24, 2.45) is 17.8 Å². The van der Waals surface area contributed by atoms with Crippen LogP contribution in [0.3, 0.4) is 0 Å². The van der Waals surface area contributed by atoms with Gasteiger partial charge in [-0.2, -0.15) is 0 Å². The van der Waals surface area contributed by atoms with Gasteiger partial charge in [-0.1, -0.05) is 12.2 Å². The van der Waals surface area contributed by atoms with Gasteiger partial charge in [-0.3, -0.25) is 0 Å². The van der Waals surface area contributed by atoms with E-state index in [-0.39, 0.29) is 0 Å². The number of hydrogen-bond donors (Lipinski definition) is 0. The molecule has 0 radical (unpaired) electrons. The Bertz CT molecular complexity index is 236. The molecule has 0 aromatic rings. The van der Waals surface area contributed by atoms with Crippen molar-refractivity contribution in [1.29, 1.82) is 0 Å². The fourth-order valence-electron chi connectivity index (χ4n) is 2.73. The van der Waals surface area contributed by atoms with Crippen LogP contribution in [0.1, 0.15) is 33.6 Å². The molecule has 1 nitrogen and oxygen atoms in total. The molecule has 0 heterocycles. The first-order chi connectivity index (χ1) is 6.47. The van der Waals surface area contributed by atoms with Crippen LogP contribution < -0.4 is 0 Å². The molecule has 0 aliphatic heterocycles. The molecule has 2 aliphatic carbocycles. The van der Waals surface area contributed by atoms with Gasteiger partial charge in [0.25, 0.3) is 0 Å². The number of fused-ring (bicyclic) bond motifs is 2. The zero-order chi connectivity index (χ0) is 10.3. The summed E-state index contributed by atoms with van der Waals surface area (Å²) in [7, 11) is 2.26. The van der Waals surface area contributed by atoms with E-state index in [1.165, 1.54) is 19.4 Å². The van der Waals surface area contributed by atoms with Crippen molar-refractivity contribution < 1.29 is 0 Å². The van der Waals surface area contributed by atoms with Gasteiger partial charge in [0.05, 0.1) is 0 Å². The van der Waals surface area contributed by atoms with E-state index in [1.807, 2.05) is 0 Å². The first kappa shape index (κ1) is 10.2. The highest BCUT2D eigenvalue weighted by Crippen LogP contribution is 2.43. The first-order valence-corrected chi connectivity index (χ1v) is 5.86. The van der Waals surface area contributed by atoms with E-state index in [2.05, 4.69) is 44.9 Å². The summed E-state index contributed by atoms with van der Waals surface area (Å²) in [4.78, 5) is 2.51. The summed E-state index contributed by atoms with van der Waals surface area (Å²) in [6.07, 6.45) is 7.75. The van der Waals surface area contributed by atoms with Gasteiger partial charge in [-0.25, -0.2) is 0 Å². The van der Waals surface area contributed by atoms with Gasteiger partial charge >= 0.3 is 0 Å². The van der Waals surface area contributed by atoms with E-state index in [0.717, 1.165) is 17.8 Å². The Morgan fingerprint density at radius 3 is 2.36 bits per heavy atom. The van der Waals surface area contributed by atoms with Crippen molar-refractivity contribution >= 4 is 0 Å². The Kier molecular flexibility index (Phi) is 2.46. The molecule has 0 aromatic heterocycles. The van der Waals surface area contributed by atoms with Crippen molar-refractivity contribution in [3.63, 3.8) is 0 Å². The Morgan fingerprint density at radius 2 is 1.93 bits per heavy atom. The van der Waals surface area contributed by atoms with E-state index >= 15 is 0 Å². The summed E-state index contributed by atoms with van der Waals surface area (Å²) in [5, 5.41) is 0. The summed E-state index contributed by atoms with van der Waals surface area (Å²) < 4.78 is 0. The van der Waals surface area contributed by atoms with Crippen LogP contribution in [-0.2, 0) is 0 Å². The molecule has 2 bridgehead atoms. The van der Waals surface area contributed by atoms with Crippen LogP contribution in [0.25, 0.3) is 0 Å². The van der Waals surface area contributed by atoms with Gasteiger partial charge in [0.2, 0.25) is 0 Å². The van der Waals surface area contributed by atoms with Crippen LogP contribution in [0.4, 0.5) is 0 Å². The number of nitrogens with zero attached hydrogens (tertiary/aromatic N) is 1. The van der Waals surface area contributed by atoms with Crippen LogP contribution in [0.15, 0.2) is 12.2 Å². The summed E-state index contributed by atoms with van der Waals surface area (Å²) in [5.74, 6) is 2.73. The highest BCUT2D eigenvalue weighted by molar-refractivity contribution is 5.10. The summed E-state index contributed by atoms with van der Waals surface area (Å²) in [5.41, 5.74) is 0.325. The van der Waals surface area contributed by atoms with E-state index in [9.17, 15) is 0 Å². The summed E-state index contributed by atoms with van der Waals surface area (Å²) >= 11 is 0. The van der Waals surface area contributed by atoms with E-state index in [0.29, 0.717) is 5.54 Å². The lowest BCUT2D eigenvalue weighted by molar-refractivity contribution is 0.140. The standard InChI is InChI=1S/C13H23N/c1-13(2,3)14(4)9-12-8-10-5-6-11(12)7-10/h5-6,10-12H,7-9H2,1-4H3. The summed E-state index contributed by atoms with van der Waals surface area (Å²) in [6, 6.07) is 0. The quantitative estimate of drug-likeness (QED) is 0.609. The zero-order valence-corrected chi connectivity index (χ0v) is 9.96. The predicted molar refractivity (Wildman–Crippen MR) is 61.2 cm³/mol. The highest BCUT2D eigenvalue weighted by atomic mass is 15.2. The molecule has 0 N–H and O–H groups in total. The van der Waals surface area contributed by atoms with Gasteiger partial charge < -0.3 is 4.90 Å². The second-order valence-electron chi connectivity index (χ2n) is 6.09. The molecule has 1 fully saturated rings. The molecule has 2 rings (SSSR count). The van der Waals surface area contributed by atoms with E-state index in [4.69, 9.17) is 0 Å². The minimum atomic E-state index is 0.325. The van der Waals surface area contributed by atoms with Gasteiger partial charge in [-0.05, 0) is 58.4 Å². The van der Waals surface area contributed by atoms with E-state index in [1.54, 1.807) is 0 Å². The van der Waals surface area contributed by atoms with Crippen molar-refractivity contribution in [1.82, 2.24) is 4.90 Å². The molecule has 2 aliphatic rings. The number of allylic oxidation sites excluding steroid dienone is 2. The molecular formula is C13H23N. The fraction of sp³-hybridized carbons (Fsp3) is 0.846. The maximum Gasteiger partial charge on any atom is 0.0122 e. The first-order valence-electron chi connectivity index (χ1n) is 5.86. The molecule has 0 spiro atoms. The highest BCUT2D eigenvalue weighted by Gasteiger charge is 2.36. The van der Waals surface area contributed by atoms with Crippen molar-refractivity contribution in [2.75, 3.05) is 13.6 Å². The number of hydrogen-bond acceptors (Lipinski definition) is 1. The third-order valence-electron chi connectivity index (χ3n) is 4.07. The minimum absolute atomic E-state index is 0.325. The zero-order valence-electron chi connectivity index (χ0n) is 9.96. The Hall–Kier alpha value is -0.300. The second kappa shape index (κ2) is 3.37. The maximum absolute atomic E-state index is 2.51. The lowest BCUT2D eigenvalue weighted by Crippen LogP contribution is -2.41. The molecule has 1 saturated carbocycles. The second-order valence-corrected chi connectivity index (χ2v) is 6.09. The van der Waals surface area contributed by atoms with Crippen molar-refractivity contribution in [2.45, 2.75) is 39.2 Å². The van der Waals surface area contributed by atoms with Crippen LogP contribution in [0, 0.1) is 17.8 Å². The van der Waals surface area contributed by atoms with Crippen LogP contribution in [0.5, 0.6) is 0 Å². The van der Waals surface area contributed by atoms with Gasteiger partial charge in [-0.15, -0.1) is 0 Å². The van der Waals surface area contributed by atoms with Crippen LogP contribution >= 0.6 is 0 Å². The Morgan fingerprint density at radius 1 is 1.21 bits per heavy atom. The van der Waals surface area contributed by atoms with Crippen LogP contribution in [-0.4, -0.2) is 24.0 Å². The largest absolute Gasteiger partial charge is 0.301 e. The van der Waals surface area contributed by atoms with Crippen molar-refractivity contribution in [3.05, 3.63) is 12.2 Å². The lowest BCUT2D eigenvalue weighted by Gasteiger charge is -2.35. The molecule has 0 amide bonds. The number of rotatable bonds is 2. The van der Waals surface area contributed by atoms with Crippen molar-refractivity contribution in [3.8, 4) is 0 Å². The van der Waals surface area contributed by atoms with Crippen LogP contribution in [0.2, 0.25) is 0 Å². The average molecular weight is 193 g/mol. The van der Waals surface area contributed by atoms with E-state index < -0.39 is 0 Å². The lowest BCUT2D eigenvalue weighted by atomic mass is 9.92. The molecule has 3 unspecified atom stereocenters. The molecular weight excluding hydrogens is 170 g/mol. The SMILES string of the molecule is CN(CC1CC2C=CC1C2)C(C)(C)C. The average Bonchev–Trinajstić information content (AvgIpc) is 2.62.